The molecule has 0 saturated carbocycles. The molecule has 0 spiro atoms. The van der Waals surface area contributed by atoms with Gasteiger partial charge in [0.2, 0.25) is 0 Å². The van der Waals surface area contributed by atoms with Crippen LogP contribution in [0.15, 0.2) is 24.3 Å². The predicted octanol–water partition coefficient (Wildman–Crippen LogP) is 3.53. The number of hydrogen-bond acceptors (Lipinski definition) is 3. The molecule has 1 atom stereocenters. The van der Waals surface area contributed by atoms with E-state index >= 15 is 0 Å². The van der Waals surface area contributed by atoms with E-state index in [0.717, 1.165) is 29.3 Å². The van der Waals surface area contributed by atoms with Crippen molar-refractivity contribution in [2.24, 2.45) is 0 Å². The van der Waals surface area contributed by atoms with Gasteiger partial charge in [-0.3, -0.25) is 0 Å². The number of nitrogens with one attached hydrogen (secondary N) is 1. The number of ether oxygens (including phenoxy) is 1. The average molecular weight is 272 g/mol. The fraction of sp³-hybridized carbons (Fsp3) is 0.333. The molecule has 0 fully saturated rings. The van der Waals surface area contributed by atoms with Crippen molar-refractivity contribution in [2.45, 2.75) is 26.2 Å². The lowest BCUT2D eigenvalue weighted by Gasteiger charge is -2.12. The van der Waals surface area contributed by atoms with Crippen LogP contribution < -0.4 is 4.74 Å². The molecule has 98 valence electrons. The average Bonchev–Trinajstić information content (AvgIpc) is 2.82. The van der Waals surface area contributed by atoms with Crippen molar-refractivity contribution < 1.29 is 4.74 Å². The van der Waals surface area contributed by atoms with Gasteiger partial charge in [0.15, 0.2) is 0 Å². The molecule has 1 aliphatic rings. The van der Waals surface area contributed by atoms with Crippen molar-refractivity contribution >= 4 is 12.2 Å². The zero-order valence-corrected chi connectivity index (χ0v) is 11.9. The van der Waals surface area contributed by atoms with Crippen LogP contribution in [0.1, 0.15) is 35.5 Å². The molecule has 0 aliphatic carbocycles. The molecule has 0 saturated heterocycles. The molecular weight excluding hydrogens is 256 g/mol. The van der Waals surface area contributed by atoms with Gasteiger partial charge in [0, 0.05) is 16.8 Å². The minimum Gasteiger partial charge on any atom is -0.492 e. The Morgan fingerprint density at radius 3 is 2.95 bits per heavy atom. The van der Waals surface area contributed by atoms with Crippen LogP contribution in [-0.4, -0.2) is 16.6 Å². The highest BCUT2D eigenvalue weighted by Crippen LogP contribution is 2.36. The summed E-state index contributed by atoms with van der Waals surface area (Å²) in [4.78, 5) is 7.96. The zero-order chi connectivity index (χ0) is 13.4. The number of aryl methyl sites for hydroxylation is 1. The van der Waals surface area contributed by atoms with E-state index < -0.39 is 0 Å². The van der Waals surface area contributed by atoms with E-state index in [-0.39, 0.29) is 5.92 Å². The number of aromatic amines is 1. The van der Waals surface area contributed by atoms with Gasteiger partial charge >= 0.3 is 0 Å². The van der Waals surface area contributed by atoms with Gasteiger partial charge in [-0.1, -0.05) is 37.3 Å². The number of benzene rings is 1. The molecule has 1 aromatic carbocycles. The lowest BCUT2D eigenvalue weighted by Crippen LogP contribution is -2.10. The number of nitrogens with zero attached hydrogens (tertiary/aromatic N) is 1. The van der Waals surface area contributed by atoms with Crippen LogP contribution in [0.25, 0.3) is 0 Å². The molecule has 3 nitrogen and oxygen atoms in total. The molecule has 1 N–H and O–H groups in total. The summed E-state index contributed by atoms with van der Waals surface area (Å²) < 4.78 is 6.41. The molecule has 4 heteroatoms. The van der Waals surface area contributed by atoms with Gasteiger partial charge in [0.25, 0.3) is 0 Å². The van der Waals surface area contributed by atoms with Crippen LogP contribution in [0.3, 0.4) is 0 Å². The lowest BCUT2D eigenvalue weighted by molar-refractivity contribution is 0.339. The minimum absolute atomic E-state index is 0.155. The van der Waals surface area contributed by atoms with E-state index in [1.807, 2.05) is 18.2 Å². The van der Waals surface area contributed by atoms with Gasteiger partial charge in [-0.25, -0.2) is 4.98 Å². The highest BCUT2D eigenvalue weighted by Gasteiger charge is 2.27. The summed E-state index contributed by atoms with van der Waals surface area (Å²) >= 11 is 5.39. The third-order valence-corrected chi connectivity index (χ3v) is 3.97. The van der Waals surface area contributed by atoms with E-state index in [1.54, 1.807) is 0 Å². The van der Waals surface area contributed by atoms with Crippen molar-refractivity contribution in [1.82, 2.24) is 9.97 Å². The number of aromatic nitrogens is 2. The third kappa shape index (κ3) is 2.06. The number of fused-ring (bicyclic) bond motifs is 1. The van der Waals surface area contributed by atoms with Crippen molar-refractivity contribution in [1.29, 1.82) is 0 Å². The van der Waals surface area contributed by atoms with Gasteiger partial charge < -0.3 is 9.72 Å². The van der Waals surface area contributed by atoms with E-state index in [1.165, 1.54) is 5.56 Å². The summed E-state index contributed by atoms with van der Waals surface area (Å²) in [5.74, 6) is 2.01. The van der Waals surface area contributed by atoms with E-state index in [0.29, 0.717) is 11.2 Å². The second-order valence-corrected chi connectivity index (χ2v) is 5.17. The predicted molar refractivity (Wildman–Crippen MR) is 77.3 cm³/mol. The second-order valence-electron chi connectivity index (χ2n) is 4.79. The highest BCUT2D eigenvalue weighted by atomic mass is 32.1. The third-order valence-electron chi connectivity index (χ3n) is 3.63. The van der Waals surface area contributed by atoms with Crippen LogP contribution in [0, 0.1) is 11.6 Å². The van der Waals surface area contributed by atoms with Crippen LogP contribution in [-0.2, 0) is 6.42 Å². The molecule has 0 amide bonds. The Kier molecular flexibility index (Phi) is 3.11. The van der Waals surface area contributed by atoms with Crippen molar-refractivity contribution in [3.63, 3.8) is 0 Å². The first-order valence-corrected chi connectivity index (χ1v) is 6.93. The SMILES string of the molecule is CCc1c(C)[nH]c(C2COc3ccccc32)nc1=S. The molecule has 19 heavy (non-hydrogen) atoms. The maximum absolute atomic E-state index is 5.71. The summed E-state index contributed by atoms with van der Waals surface area (Å²) in [6.07, 6.45) is 0.909. The quantitative estimate of drug-likeness (QED) is 0.850. The zero-order valence-electron chi connectivity index (χ0n) is 11.1. The molecule has 3 rings (SSSR count). The molecule has 2 aromatic rings. The monoisotopic (exact) mass is 272 g/mol. The number of para-hydroxylation sites is 1. The van der Waals surface area contributed by atoms with Crippen LogP contribution >= 0.6 is 12.2 Å². The standard InChI is InChI=1S/C15H16N2OS/c1-3-10-9(2)16-14(17-15(10)19)12-8-18-13-7-5-4-6-11(12)13/h4-7,12H,3,8H2,1-2H3,(H,16,17,19). The smallest absolute Gasteiger partial charge is 0.133 e. The second kappa shape index (κ2) is 4.78. The highest BCUT2D eigenvalue weighted by molar-refractivity contribution is 7.71. The number of hydrogen-bond donors (Lipinski definition) is 1. The Morgan fingerprint density at radius 1 is 1.42 bits per heavy atom. The largest absolute Gasteiger partial charge is 0.492 e. The summed E-state index contributed by atoms with van der Waals surface area (Å²) in [5, 5.41) is 0. The number of rotatable bonds is 2. The van der Waals surface area contributed by atoms with Crippen LogP contribution in [0.5, 0.6) is 5.75 Å². The molecule has 1 aromatic heterocycles. The topological polar surface area (TPSA) is 37.9 Å². The summed E-state index contributed by atoms with van der Waals surface area (Å²) in [6, 6.07) is 8.11. The molecular formula is C15H16N2OS. The summed E-state index contributed by atoms with van der Waals surface area (Å²) in [6.45, 7) is 4.78. The number of H-pyrrole nitrogens is 1. The van der Waals surface area contributed by atoms with Gasteiger partial charge in [-0.2, -0.15) is 0 Å². The maximum Gasteiger partial charge on any atom is 0.133 e. The van der Waals surface area contributed by atoms with E-state index in [4.69, 9.17) is 17.0 Å². The normalized spacial score (nSPS) is 17.1. The first kappa shape index (κ1) is 12.4. The van der Waals surface area contributed by atoms with Crippen molar-refractivity contribution in [2.75, 3.05) is 6.61 Å². The Morgan fingerprint density at radius 2 is 2.21 bits per heavy atom. The molecule has 1 unspecified atom stereocenters. The van der Waals surface area contributed by atoms with Crippen molar-refractivity contribution in [3.05, 3.63) is 51.6 Å². The fourth-order valence-corrected chi connectivity index (χ4v) is 3.00. The van der Waals surface area contributed by atoms with E-state index in [9.17, 15) is 0 Å². The summed E-state index contributed by atoms with van der Waals surface area (Å²) in [5.41, 5.74) is 3.43. The molecule has 2 heterocycles. The summed E-state index contributed by atoms with van der Waals surface area (Å²) in [7, 11) is 0. The van der Waals surface area contributed by atoms with Crippen LogP contribution in [0.2, 0.25) is 0 Å². The lowest BCUT2D eigenvalue weighted by atomic mass is 10.0. The first-order chi connectivity index (χ1) is 9.20. The van der Waals surface area contributed by atoms with E-state index in [2.05, 4.69) is 29.9 Å². The first-order valence-electron chi connectivity index (χ1n) is 6.52. The van der Waals surface area contributed by atoms with Crippen molar-refractivity contribution in [3.8, 4) is 5.75 Å². The van der Waals surface area contributed by atoms with Crippen LogP contribution in [0.4, 0.5) is 0 Å². The Hall–Kier alpha value is -1.68. The Balaban J connectivity index is 2.08. The van der Waals surface area contributed by atoms with Gasteiger partial charge in [0.1, 0.15) is 22.8 Å². The van der Waals surface area contributed by atoms with Gasteiger partial charge in [-0.05, 0) is 19.4 Å². The molecule has 0 bridgehead atoms. The molecule has 0 radical (unpaired) electrons. The maximum atomic E-state index is 5.71. The molecule has 1 aliphatic heterocycles. The minimum atomic E-state index is 0.155. The van der Waals surface area contributed by atoms with Gasteiger partial charge in [-0.15, -0.1) is 0 Å². The Labute approximate surface area is 117 Å². The van der Waals surface area contributed by atoms with Gasteiger partial charge in [0.05, 0.1) is 5.92 Å². The fourth-order valence-electron chi connectivity index (χ4n) is 2.60. The Bertz CT molecular complexity index is 678.